The molecular formula is C19H20BrN5. The highest BCUT2D eigenvalue weighted by atomic mass is 79.9. The molecule has 0 saturated heterocycles. The minimum atomic E-state index is 0.444. The molecule has 3 rings (SSSR count). The molecule has 0 saturated carbocycles. The molecule has 0 aliphatic carbocycles. The summed E-state index contributed by atoms with van der Waals surface area (Å²) in [7, 11) is 0. The summed E-state index contributed by atoms with van der Waals surface area (Å²) < 4.78 is 1.03. The molecule has 0 bridgehead atoms. The quantitative estimate of drug-likeness (QED) is 0.590. The zero-order valence-electron chi connectivity index (χ0n) is 14.4. The lowest BCUT2D eigenvalue weighted by atomic mass is 10.0. The van der Waals surface area contributed by atoms with Gasteiger partial charge in [0.15, 0.2) is 5.82 Å². The third-order valence-electron chi connectivity index (χ3n) is 3.84. The second kappa shape index (κ2) is 7.61. The lowest BCUT2D eigenvalue weighted by Crippen LogP contribution is -2.02. The van der Waals surface area contributed by atoms with Gasteiger partial charge in [-0.05, 0) is 48.2 Å². The Morgan fingerprint density at radius 1 is 0.960 bits per heavy atom. The summed E-state index contributed by atoms with van der Waals surface area (Å²) in [5, 5.41) is 14.5. The van der Waals surface area contributed by atoms with E-state index in [0.717, 1.165) is 15.8 Å². The lowest BCUT2D eigenvalue weighted by molar-refractivity contribution is 0.867. The Kier molecular flexibility index (Phi) is 5.28. The fourth-order valence-electron chi connectivity index (χ4n) is 2.32. The number of anilines is 4. The van der Waals surface area contributed by atoms with Crippen LogP contribution in [0.25, 0.3) is 0 Å². The van der Waals surface area contributed by atoms with Crippen molar-refractivity contribution in [3.8, 4) is 0 Å². The van der Waals surface area contributed by atoms with Gasteiger partial charge in [0.1, 0.15) is 0 Å². The molecule has 2 N–H and O–H groups in total. The highest BCUT2D eigenvalue weighted by Crippen LogP contribution is 2.23. The summed E-state index contributed by atoms with van der Waals surface area (Å²) in [6.45, 7) is 6.40. The van der Waals surface area contributed by atoms with Gasteiger partial charge in [-0.2, -0.15) is 10.1 Å². The molecule has 0 atom stereocenters. The van der Waals surface area contributed by atoms with E-state index in [9.17, 15) is 0 Å². The van der Waals surface area contributed by atoms with Crippen molar-refractivity contribution in [1.82, 2.24) is 15.2 Å². The van der Waals surface area contributed by atoms with E-state index in [1.54, 1.807) is 6.20 Å². The maximum atomic E-state index is 4.46. The van der Waals surface area contributed by atoms with Gasteiger partial charge in [-0.15, -0.1) is 5.10 Å². The fourth-order valence-corrected chi connectivity index (χ4v) is 2.69. The van der Waals surface area contributed by atoms with Crippen LogP contribution in [0.4, 0.5) is 23.1 Å². The molecule has 0 radical (unpaired) electrons. The van der Waals surface area contributed by atoms with Crippen molar-refractivity contribution in [3.05, 3.63) is 64.3 Å². The van der Waals surface area contributed by atoms with Gasteiger partial charge in [-0.3, -0.25) is 0 Å². The van der Waals surface area contributed by atoms with Gasteiger partial charge < -0.3 is 10.6 Å². The van der Waals surface area contributed by atoms with Gasteiger partial charge in [0.05, 0.1) is 6.20 Å². The molecule has 0 unspecified atom stereocenters. The summed E-state index contributed by atoms with van der Waals surface area (Å²) in [6.07, 6.45) is 1.60. The highest BCUT2D eigenvalue weighted by molar-refractivity contribution is 9.10. The van der Waals surface area contributed by atoms with Crippen LogP contribution in [0.15, 0.2) is 53.1 Å². The van der Waals surface area contributed by atoms with Crippen LogP contribution in [0.1, 0.15) is 30.9 Å². The van der Waals surface area contributed by atoms with E-state index in [-0.39, 0.29) is 0 Å². The van der Waals surface area contributed by atoms with Crippen molar-refractivity contribution in [3.63, 3.8) is 0 Å². The average molecular weight is 398 g/mol. The molecule has 0 fully saturated rings. The van der Waals surface area contributed by atoms with Crippen LogP contribution in [-0.4, -0.2) is 15.2 Å². The van der Waals surface area contributed by atoms with Crippen molar-refractivity contribution in [2.24, 2.45) is 0 Å². The molecule has 0 aliphatic rings. The Labute approximate surface area is 156 Å². The maximum Gasteiger partial charge on any atom is 0.249 e. The van der Waals surface area contributed by atoms with Crippen LogP contribution >= 0.6 is 15.9 Å². The van der Waals surface area contributed by atoms with Gasteiger partial charge in [0, 0.05) is 15.8 Å². The van der Waals surface area contributed by atoms with Crippen molar-refractivity contribution in [2.75, 3.05) is 10.6 Å². The zero-order chi connectivity index (χ0) is 17.8. The molecule has 3 aromatic rings. The van der Waals surface area contributed by atoms with Crippen LogP contribution < -0.4 is 10.6 Å². The molecular weight excluding hydrogens is 378 g/mol. The summed E-state index contributed by atoms with van der Waals surface area (Å²) in [4.78, 5) is 4.46. The maximum absolute atomic E-state index is 4.46. The Morgan fingerprint density at radius 2 is 1.68 bits per heavy atom. The summed E-state index contributed by atoms with van der Waals surface area (Å²) in [5.41, 5.74) is 4.34. The van der Waals surface area contributed by atoms with Crippen LogP contribution in [0.3, 0.4) is 0 Å². The smallest absolute Gasteiger partial charge is 0.249 e. The molecule has 1 heterocycles. The Hall–Kier alpha value is -2.47. The zero-order valence-corrected chi connectivity index (χ0v) is 16.0. The molecule has 6 heteroatoms. The average Bonchev–Trinajstić information content (AvgIpc) is 2.59. The topological polar surface area (TPSA) is 62.7 Å². The standard InChI is InChI=1S/C19H20BrN5/c1-12(2)14-5-8-15(9-6-14)22-18-11-21-25-19(24-18)23-16-7-4-13(3)17(20)10-16/h4-12H,1-3H3,(H2,22,23,24,25). The van der Waals surface area contributed by atoms with Crippen molar-refractivity contribution in [2.45, 2.75) is 26.7 Å². The fraction of sp³-hybridized carbons (Fsp3) is 0.211. The predicted octanol–water partition coefficient (Wildman–Crippen LogP) is 5.55. The Morgan fingerprint density at radius 3 is 2.36 bits per heavy atom. The summed E-state index contributed by atoms with van der Waals surface area (Å²) >= 11 is 3.53. The lowest BCUT2D eigenvalue weighted by Gasteiger charge is -2.10. The van der Waals surface area contributed by atoms with E-state index in [2.05, 4.69) is 67.7 Å². The predicted molar refractivity (Wildman–Crippen MR) is 106 cm³/mol. The summed E-state index contributed by atoms with van der Waals surface area (Å²) in [5.74, 6) is 1.60. The highest BCUT2D eigenvalue weighted by Gasteiger charge is 2.04. The molecule has 0 spiro atoms. The molecule has 1 aromatic heterocycles. The number of aromatic nitrogens is 3. The molecule has 5 nitrogen and oxygen atoms in total. The Balaban J connectivity index is 1.73. The van der Waals surface area contributed by atoms with Gasteiger partial charge in [0.2, 0.25) is 5.95 Å². The molecule has 128 valence electrons. The van der Waals surface area contributed by atoms with Gasteiger partial charge in [0.25, 0.3) is 0 Å². The number of rotatable bonds is 5. The normalized spacial score (nSPS) is 10.8. The van der Waals surface area contributed by atoms with Crippen LogP contribution in [0.2, 0.25) is 0 Å². The first-order valence-corrected chi connectivity index (χ1v) is 8.90. The number of nitrogens with one attached hydrogen (secondary N) is 2. The second-order valence-electron chi connectivity index (χ2n) is 6.16. The third-order valence-corrected chi connectivity index (χ3v) is 4.69. The van der Waals surface area contributed by atoms with E-state index in [0.29, 0.717) is 17.7 Å². The number of aryl methyl sites for hydroxylation is 1. The second-order valence-corrected chi connectivity index (χ2v) is 7.01. The number of nitrogens with zero attached hydrogens (tertiary/aromatic N) is 3. The largest absolute Gasteiger partial charge is 0.339 e. The van der Waals surface area contributed by atoms with E-state index in [1.807, 2.05) is 37.3 Å². The van der Waals surface area contributed by atoms with E-state index in [4.69, 9.17) is 0 Å². The first-order valence-electron chi connectivity index (χ1n) is 8.11. The summed E-state index contributed by atoms with van der Waals surface area (Å²) in [6, 6.07) is 14.3. The van der Waals surface area contributed by atoms with Gasteiger partial charge >= 0.3 is 0 Å². The van der Waals surface area contributed by atoms with E-state index in [1.165, 1.54) is 11.1 Å². The minimum absolute atomic E-state index is 0.444. The van der Waals surface area contributed by atoms with Crippen LogP contribution in [0, 0.1) is 6.92 Å². The Bertz CT molecular complexity index is 862. The first-order chi connectivity index (χ1) is 12.0. The van der Waals surface area contributed by atoms with Crippen molar-refractivity contribution >= 4 is 39.1 Å². The van der Waals surface area contributed by atoms with E-state index >= 15 is 0 Å². The third kappa shape index (κ3) is 4.54. The van der Waals surface area contributed by atoms with Gasteiger partial charge in [-0.25, -0.2) is 0 Å². The molecule has 2 aromatic carbocycles. The number of benzene rings is 2. The first kappa shape index (κ1) is 17.4. The monoisotopic (exact) mass is 397 g/mol. The number of hydrogen-bond donors (Lipinski definition) is 2. The SMILES string of the molecule is Cc1ccc(Nc2nncc(Nc3ccc(C(C)C)cc3)n2)cc1Br. The molecule has 0 aliphatic heterocycles. The van der Waals surface area contributed by atoms with E-state index < -0.39 is 0 Å². The number of halogens is 1. The van der Waals surface area contributed by atoms with Crippen molar-refractivity contribution < 1.29 is 0 Å². The van der Waals surface area contributed by atoms with Crippen molar-refractivity contribution in [1.29, 1.82) is 0 Å². The molecule has 25 heavy (non-hydrogen) atoms. The van der Waals surface area contributed by atoms with Crippen LogP contribution in [0.5, 0.6) is 0 Å². The van der Waals surface area contributed by atoms with Crippen LogP contribution in [-0.2, 0) is 0 Å². The minimum Gasteiger partial charge on any atom is -0.339 e. The molecule has 0 amide bonds. The number of hydrogen-bond acceptors (Lipinski definition) is 5. The van der Waals surface area contributed by atoms with Gasteiger partial charge in [-0.1, -0.05) is 48.0 Å².